The van der Waals surface area contributed by atoms with Crippen LogP contribution in [-0.2, 0) is 9.53 Å². The summed E-state index contributed by atoms with van der Waals surface area (Å²) in [6.07, 6.45) is 10.2. The fourth-order valence-corrected chi connectivity index (χ4v) is 9.06. The second kappa shape index (κ2) is 13.9. The molecule has 1 amide bonds. The molecule has 236 valence electrons. The number of piperidine rings is 1. The van der Waals surface area contributed by atoms with Gasteiger partial charge in [0, 0.05) is 13.1 Å². The number of pyridine rings is 1. The predicted octanol–water partition coefficient (Wildman–Crippen LogP) is 2.73. The molecule has 45 heavy (non-hydrogen) atoms. The first kappa shape index (κ1) is 30.9. The normalized spacial score (nSPS) is 19.9. The van der Waals surface area contributed by atoms with Crippen molar-refractivity contribution in [2.75, 3.05) is 44.5 Å². The number of benzene rings is 2. The minimum atomic E-state index is -0.418. The van der Waals surface area contributed by atoms with E-state index in [0.29, 0.717) is 35.4 Å². The molecule has 0 aliphatic carbocycles. The number of amides is 1. The van der Waals surface area contributed by atoms with Crippen molar-refractivity contribution in [1.82, 2.24) is 9.88 Å². The first-order chi connectivity index (χ1) is 21.9. The number of methoxy groups -OCH3 is 1. The maximum atomic E-state index is 12.7. The summed E-state index contributed by atoms with van der Waals surface area (Å²) in [6, 6.07) is 17.1. The van der Waals surface area contributed by atoms with Crippen LogP contribution in [0.1, 0.15) is 41.7 Å². The third-order valence-corrected chi connectivity index (χ3v) is 11.5. The smallest absolute Gasteiger partial charge is 0.0512 e. The maximum Gasteiger partial charge on any atom is 0.0512 e. The molecule has 2 aromatic carbocycles. The van der Waals surface area contributed by atoms with Crippen molar-refractivity contribution in [2.45, 2.75) is 29.6 Å². The van der Waals surface area contributed by atoms with Crippen LogP contribution in [-0.4, -0.2) is 59.5 Å². The molecule has 1 fully saturated rings. The van der Waals surface area contributed by atoms with Gasteiger partial charge in [0.05, 0.1) is 19.0 Å². The van der Waals surface area contributed by atoms with Gasteiger partial charge in [0.2, 0.25) is 0 Å². The van der Waals surface area contributed by atoms with Gasteiger partial charge in [0.25, 0.3) is 0 Å². The summed E-state index contributed by atoms with van der Waals surface area (Å²) >= 11 is -0.324. The van der Waals surface area contributed by atoms with Crippen LogP contribution in [0.5, 0.6) is 17.2 Å². The Morgan fingerprint density at radius 3 is 2.69 bits per heavy atom. The Hall–Kier alpha value is -4.06. The molecule has 1 saturated heterocycles. The quantitative estimate of drug-likeness (QED) is 0.112. The molecular formula is C35H38IN4O5-. The SMILES string of the molecule is COC(=O)c1ccc(N2CCC(CCCOc3cccc(Oc4ccc(N)cc4C4=CN(C)C(=O)C5[I-]C=CC45)c3)CC2)cn1. The van der Waals surface area contributed by atoms with Gasteiger partial charge in [-0.25, -0.2) is 9.78 Å². The molecule has 3 aliphatic heterocycles. The molecule has 2 N–H and O–H groups in total. The molecule has 2 unspecified atom stereocenters. The van der Waals surface area contributed by atoms with E-state index in [2.05, 4.69) is 20.0 Å². The summed E-state index contributed by atoms with van der Waals surface area (Å²) < 4.78 is 19.5. The van der Waals surface area contributed by atoms with Gasteiger partial charge in [-0.05, 0) is 37.3 Å². The largest absolute Gasteiger partial charge is 0.247 e. The molecule has 0 saturated carbocycles. The first-order valence-electron chi connectivity index (χ1n) is 15.3. The third kappa shape index (κ3) is 7.11. The Balaban J connectivity index is 1.01. The van der Waals surface area contributed by atoms with Crippen molar-refractivity contribution in [1.29, 1.82) is 0 Å². The number of fused-ring (bicyclic) bond motifs is 1. The Morgan fingerprint density at radius 2 is 1.91 bits per heavy atom. The number of carbonyl (C=O) groups excluding carboxylic acids is 2. The molecule has 3 aromatic rings. The molecule has 6 rings (SSSR count). The van der Waals surface area contributed by atoms with Gasteiger partial charge in [-0.2, -0.15) is 0 Å². The Morgan fingerprint density at radius 1 is 1.09 bits per heavy atom. The zero-order valence-corrected chi connectivity index (χ0v) is 27.7. The van der Waals surface area contributed by atoms with E-state index in [9.17, 15) is 9.59 Å². The minimum Gasteiger partial charge on any atom is -0.247 e. The summed E-state index contributed by atoms with van der Waals surface area (Å²) in [5.74, 6) is 2.65. The Bertz CT molecular complexity index is 1600. The van der Waals surface area contributed by atoms with Crippen LogP contribution in [0.3, 0.4) is 0 Å². The van der Waals surface area contributed by atoms with Crippen LogP contribution >= 0.6 is 0 Å². The minimum absolute atomic E-state index is 0.0244. The fraction of sp³-hybridized carbons (Fsp3) is 0.343. The molecule has 0 radical (unpaired) electrons. The number of ether oxygens (including phenoxy) is 3. The molecule has 2 atom stereocenters. The van der Waals surface area contributed by atoms with E-state index in [1.807, 2.05) is 61.8 Å². The van der Waals surface area contributed by atoms with Gasteiger partial charge in [-0.15, -0.1) is 0 Å². The summed E-state index contributed by atoms with van der Waals surface area (Å²) in [5, 5.41) is 0. The van der Waals surface area contributed by atoms with Gasteiger partial charge in [0.15, 0.2) is 0 Å². The Kier molecular flexibility index (Phi) is 9.58. The van der Waals surface area contributed by atoms with E-state index < -0.39 is 5.97 Å². The van der Waals surface area contributed by atoms with Crippen molar-refractivity contribution < 1.29 is 45.0 Å². The maximum absolute atomic E-state index is 12.7. The van der Waals surface area contributed by atoms with E-state index in [0.717, 1.165) is 61.3 Å². The van der Waals surface area contributed by atoms with Crippen molar-refractivity contribution in [3.63, 3.8) is 0 Å². The number of nitrogens with two attached hydrogens (primary N) is 1. The number of anilines is 2. The zero-order valence-electron chi connectivity index (χ0n) is 25.5. The second-order valence-corrected chi connectivity index (χ2v) is 14.3. The molecule has 0 spiro atoms. The molecule has 10 heteroatoms. The number of nitrogen functional groups attached to an aromatic ring is 1. The first-order valence-corrected chi connectivity index (χ1v) is 17.8. The van der Waals surface area contributed by atoms with Gasteiger partial charge < -0.3 is 9.64 Å². The summed E-state index contributed by atoms with van der Waals surface area (Å²) in [6.45, 7) is 2.58. The van der Waals surface area contributed by atoms with Crippen molar-refractivity contribution >= 4 is 28.8 Å². The average Bonchev–Trinajstić information content (AvgIpc) is 3.56. The fourth-order valence-electron chi connectivity index (χ4n) is 6.10. The van der Waals surface area contributed by atoms with Crippen LogP contribution in [0, 0.1) is 11.8 Å². The summed E-state index contributed by atoms with van der Waals surface area (Å²) in [7, 11) is 3.18. The van der Waals surface area contributed by atoms with Crippen LogP contribution in [0.4, 0.5) is 11.4 Å². The second-order valence-electron chi connectivity index (χ2n) is 11.6. The van der Waals surface area contributed by atoms with E-state index in [4.69, 9.17) is 19.9 Å². The van der Waals surface area contributed by atoms with E-state index in [-0.39, 0.29) is 37.0 Å². The molecular weight excluding hydrogens is 683 g/mol. The summed E-state index contributed by atoms with van der Waals surface area (Å²) in [4.78, 5) is 32.7. The van der Waals surface area contributed by atoms with Gasteiger partial charge in [0.1, 0.15) is 5.69 Å². The number of aromatic nitrogens is 1. The van der Waals surface area contributed by atoms with Crippen LogP contribution < -0.4 is 41.3 Å². The van der Waals surface area contributed by atoms with E-state index in [1.54, 1.807) is 17.2 Å². The standard InChI is InChI=1S/C35H38IN4O5/c1-39-22-30(28-12-15-36-33(28)34(39)41)29-19-24(37)8-11-32(29)45-27-7-3-6-26(20-27)44-18-4-5-23-13-16-40(17-14-23)25-9-10-31(38-21-25)35(42)43-2/h3,6-12,15,19-23,28,33H,4-5,13-14,16-18,37H2,1-2H3/q-1. The third-order valence-electron chi connectivity index (χ3n) is 8.57. The van der Waals surface area contributed by atoms with E-state index in [1.165, 1.54) is 7.11 Å². The zero-order chi connectivity index (χ0) is 31.3. The van der Waals surface area contributed by atoms with Crippen molar-refractivity contribution in [3.8, 4) is 17.2 Å². The number of hydrogen-bond donors (Lipinski definition) is 1. The number of alkyl halides is 1. The molecule has 3 aliphatic rings. The van der Waals surface area contributed by atoms with E-state index >= 15 is 0 Å². The van der Waals surface area contributed by atoms with Gasteiger partial charge in [-0.3, -0.25) is 0 Å². The number of halogens is 1. The Labute approximate surface area is 274 Å². The van der Waals surface area contributed by atoms with Gasteiger partial charge in [-0.1, -0.05) is 0 Å². The topological polar surface area (TPSA) is 107 Å². The van der Waals surface area contributed by atoms with Crippen LogP contribution in [0.15, 0.2) is 77.2 Å². The van der Waals surface area contributed by atoms with Gasteiger partial charge >= 0.3 is 181 Å². The van der Waals surface area contributed by atoms with Crippen molar-refractivity contribution in [3.05, 3.63) is 88.4 Å². The predicted molar refractivity (Wildman–Crippen MR) is 170 cm³/mol. The van der Waals surface area contributed by atoms with Crippen molar-refractivity contribution in [2.24, 2.45) is 11.8 Å². The number of carbonyl (C=O) groups is 2. The molecule has 9 nitrogen and oxygen atoms in total. The summed E-state index contributed by atoms with van der Waals surface area (Å²) in [5.41, 5.74) is 10.2. The molecule has 0 bridgehead atoms. The number of allylic oxidation sites excluding steroid dienone is 2. The number of hydrogen-bond acceptors (Lipinski definition) is 8. The molecule has 4 heterocycles. The average molecular weight is 722 g/mol. The van der Waals surface area contributed by atoms with Crippen LogP contribution in [0.25, 0.3) is 5.57 Å². The monoisotopic (exact) mass is 721 g/mol. The van der Waals surface area contributed by atoms with Crippen LogP contribution in [0.2, 0.25) is 0 Å². The molecule has 1 aromatic heterocycles. The number of esters is 1. The number of rotatable bonds is 10. The number of nitrogens with zero attached hydrogens (tertiary/aromatic N) is 3.